The molecule has 0 atom stereocenters. The van der Waals surface area contributed by atoms with Gasteiger partial charge in [0.2, 0.25) is 0 Å². The van der Waals surface area contributed by atoms with Crippen molar-refractivity contribution >= 4 is 12.6 Å². The van der Waals surface area contributed by atoms with Crippen molar-refractivity contribution in [2.24, 2.45) is 0 Å². The Kier molecular flexibility index (Phi) is 4.16. The molecule has 1 aromatic carbocycles. The molecule has 13 heavy (non-hydrogen) atoms. The molecule has 0 spiro atoms. The van der Waals surface area contributed by atoms with Gasteiger partial charge >= 0.3 is 18.9 Å². The molecular formula is C6F5LiS. The van der Waals surface area contributed by atoms with Gasteiger partial charge in [0.25, 0.3) is 0 Å². The molecule has 0 unspecified atom stereocenters. The summed E-state index contributed by atoms with van der Waals surface area (Å²) in [6, 6.07) is 0. The number of rotatable bonds is 0. The van der Waals surface area contributed by atoms with Crippen LogP contribution >= 0.6 is 0 Å². The molecule has 0 heterocycles. The summed E-state index contributed by atoms with van der Waals surface area (Å²) < 4.78 is 61.2. The summed E-state index contributed by atoms with van der Waals surface area (Å²) in [6.45, 7) is 0. The molecule has 0 fully saturated rings. The Bertz CT molecular complexity index is 235. The van der Waals surface area contributed by atoms with Crippen LogP contribution in [0.25, 0.3) is 0 Å². The molecule has 1 aromatic rings. The van der Waals surface area contributed by atoms with Crippen molar-refractivity contribution in [3.63, 3.8) is 0 Å². The third-order valence-corrected chi connectivity index (χ3v) is 1.53. The fourth-order valence-corrected chi connectivity index (χ4v) is 0.764. The maximum atomic E-state index is 12.3. The van der Waals surface area contributed by atoms with E-state index in [2.05, 4.69) is 12.6 Å². The standard InChI is InChI=1S/C6HF5S.Li/c7-1-2(8)4(10)6(12)5(11)3(1)9;/h12H;/q;+1/p-1. The Hall–Kier alpha value is -0.313. The second-order valence-electron chi connectivity index (χ2n) is 1.90. The van der Waals surface area contributed by atoms with Crippen molar-refractivity contribution in [1.82, 2.24) is 0 Å². The molecule has 0 nitrogen and oxygen atoms in total. The van der Waals surface area contributed by atoms with Gasteiger partial charge in [-0.2, -0.15) is 0 Å². The molecule has 0 radical (unpaired) electrons. The normalized spacial score (nSPS) is 9.62. The molecule has 7 heteroatoms. The molecule has 0 saturated carbocycles. The Balaban J connectivity index is 0.00000144. The third kappa shape index (κ3) is 1.95. The van der Waals surface area contributed by atoms with Crippen molar-refractivity contribution in [2.75, 3.05) is 0 Å². The van der Waals surface area contributed by atoms with Gasteiger partial charge in [0.05, 0.1) is 0 Å². The molecule has 0 aliphatic heterocycles. The van der Waals surface area contributed by atoms with Gasteiger partial charge in [-0.25, -0.2) is 22.0 Å². The minimum absolute atomic E-state index is 0. The summed E-state index contributed by atoms with van der Waals surface area (Å²) in [5.74, 6) is -10.2. The van der Waals surface area contributed by atoms with Gasteiger partial charge in [-0.1, -0.05) is 4.90 Å². The molecule has 0 aliphatic carbocycles. The maximum Gasteiger partial charge on any atom is 1.00 e. The van der Waals surface area contributed by atoms with E-state index >= 15 is 0 Å². The van der Waals surface area contributed by atoms with Crippen molar-refractivity contribution in [3.8, 4) is 0 Å². The minimum atomic E-state index is -2.20. The zero-order chi connectivity index (χ0) is 9.46. The van der Waals surface area contributed by atoms with Crippen LogP contribution in [0.1, 0.15) is 0 Å². The summed E-state index contributed by atoms with van der Waals surface area (Å²) in [6.07, 6.45) is 0. The zero-order valence-corrected chi connectivity index (χ0v) is 7.11. The van der Waals surface area contributed by atoms with E-state index < -0.39 is 34.0 Å². The summed E-state index contributed by atoms with van der Waals surface area (Å²) in [4.78, 5) is -1.29. The van der Waals surface area contributed by atoms with E-state index in [4.69, 9.17) is 0 Å². The van der Waals surface area contributed by atoms with Gasteiger partial charge in [-0.3, -0.25) is 0 Å². The number of hydrogen-bond donors (Lipinski definition) is 0. The van der Waals surface area contributed by atoms with E-state index in [-0.39, 0.29) is 18.9 Å². The van der Waals surface area contributed by atoms with Crippen LogP contribution in [0.15, 0.2) is 4.90 Å². The molecule has 0 N–H and O–H groups in total. The van der Waals surface area contributed by atoms with Crippen molar-refractivity contribution < 1.29 is 40.8 Å². The van der Waals surface area contributed by atoms with E-state index in [1.54, 1.807) is 0 Å². The van der Waals surface area contributed by atoms with Gasteiger partial charge in [-0.15, -0.1) is 0 Å². The average Bonchev–Trinajstić information content (AvgIpc) is 2.08. The first-order chi connectivity index (χ1) is 5.46. The predicted molar refractivity (Wildman–Crippen MR) is 31.9 cm³/mol. The van der Waals surface area contributed by atoms with E-state index in [0.29, 0.717) is 0 Å². The third-order valence-electron chi connectivity index (χ3n) is 1.17. The fraction of sp³-hybridized carbons (Fsp3) is 0. The second-order valence-corrected chi connectivity index (χ2v) is 2.31. The van der Waals surface area contributed by atoms with Gasteiger partial charge in [-0.05, 0) is 0 Å². The van der Waals surface area contributed by atoms with Crippen LogP contribution in [-0.4, -0.2) is 0 Å². The van der Waals surface area contributed by atoms with Crippen LogP contribution in [0.3, 0.4) is 0 Å². The number of benzene rings is 1. The Morgan fingerprint density at radius 2 is 0.846 bits per heavy atom. The van der Waals surface area contributed by atoms with Gasteiger partial charge in [0.15, 0.2) is 17.5 Å². The Morgan fingerprint density at radius 3 is 1.15 bits per heavy atom. The smallest absolute Gasteiger partial charge is 0.774 e. The fourth-order valence-electron chi connectivity index (χ4n) is 0.585. The predicted octanol–water partition coefficient (Wildman–Crippen LogP) is -0.708. The molecule has 0 amide bonds. The van der Waals surface area contributed by atoms with Crippen LogP contribution in [-0.2, 0) is 12.6 Å². The van der Waals surface area contributed by atoms with Crippen LogP contribution in [0, 0.1) is 29.1 Å². The first-order valence-corrected chi connectivity index (χ1v) is 3.06. The molecule has 0 aromatic heterocycles. The summed E-state index contributed by atoms with van der Waals surface area (Å²) in [5.41, 5.74) is 0. The number of hydrogen-bond acceptors (Lipinski definition) is 1. The summed E-state index contributed by atoms with van der Waals surface area (Å²) in [5, 5.41) is 0. The van der Waals surface area contributed by atoms with Crippen molar-refractivity contribution in [2.45, 2.75) is 4.90 Å². The first kappa shape index (κ1) is 12.7. The summed E-state index contributed by atoms with van der Waals surface area (Å²) >= 11 is 3.93. The SMILES string of the molecule is Fc1c(F)c(F)c([S-])c(F)c1F.[Li+]. The van der Waals surface area contributed by atoms with Crippen LogP contribution < -0.4 is 18.9 Å². The molecular weight excluding hydrogens is 206 g/mol. The zero-order valence-electron chi connectivity index (χ0n) is 6.30. The van der Waals surface area contributed by atoms with E-state index in [1.807, 2.05) is 0 Å². The quantitative estimate of drug-likeness (QED) is 0.178. The average molecular weight is 206 g/mol. The van der Waals surface area contributed by atoms with Crippen LogP contribution in [0.5, 0.6) is 0 Å². The van der Waals surface area contributed by atoms with E-state index in [0.717, 1.165) is 0 Å². The van der Waals surface area contributed by atoms with Gasteiger partial charge in [0, 0.05) is 0 Å². The van der Waals surface area contributed by atoms with Gasteiger partial charge in [0.1, 0.15) is 11.6 Å². The summed E-state index contributed by atoms with van der Waals surface area (Å²) in [7, 11) is 0. The van der Waals surface area contributed by atoms with Crippen molar-refractivity contribution in [1.29, 1.82) is 0 Å². The van der Waals surface area contributed by atoms with Gasteiger partial charge < -0.3 is 12.6 Å². The molecule has 0 saturated heterocycles. The molecule has 0 aliphatic rings. The van der Waals surface area contributed by atoms with Crippen LogP contribution in [0.2, 0.25) is 0 Å². The monoisotopic (exact) mass is 206 g/mol. The minimum Gasteiger partial charge on any atom is -0.774 e. The molecule has 0 bridgehead atoms. The van der Waals surface area contributed by atoms with Crippen LogP contribution in [0.4, 0.5) is 22.0 Å². The molecule has 66 valence electrons. The maximum absolute atomic E-state index is 12.3. The molecule has 1 rings (SSSR count). The largest absolute Gasteiger partial charge is 1.00 e. The van der Waals surface area contributed by atoms with E-state index in [9.17, 15) is 22.0 Å². The van der Waals surface area contributed by atoms with E-state index in [1.165, 1.54) is 0 Å². The Morgan fingerprint density at radius 1 is 0.615 bits per heavy atom. The first-order valence-electron chi connectivity index (χ1n) is 2.65. The Labute approximate surface area is 87.7 Å². The number of halogens is 5. The topological polar surface area (TPSA) is 0 Å². The second kappa shape index (κ2) is 4.27. The van der Waals surface area contributed by atoms with Crippen molar-refractivity contribution in [3.05, 3.63) is 29.1 Å².